The molecule has 0 fully saturated rings. The number of Topliss-reactive ketones (excluding diaryl/α,β-unsaturated/α-hetero) is 1. The largest absolute Gasteiger partial charge is 0.356 e. The highest BCUT2D eigenvalue weighted by Crippen LogP contribution is 2.29. The van der Waals surface area contributed by atoms with E-state index in [-0.39, 0.29) is 18.0 Å². The Morgan fingerprint density at radius 1 is 1.41 bits per heavy atom. The first kappa shape index (κ1) is 14.2. The molecule has 1 unspecified atom stereocenters. The van der Waals surface area contributed by atoms with E-state index in [4.69, 9.17) is 0 Å². The minimum absolute atomic E-state index is 0.159. The van der Waals surface area contributed by atoms with Gasteiger partial charge in [-0.3, -0.25) is 19.5 Å². The maximum Gasteiger partial charge on any atom is 0.278 e. The summed E-state index contributed by atoms with van der Waals surface area (Å²) < 4.78 is 0. The van der Waals surface area contributed by atoms with Gasteiger partial charge in [0, 0.05) is 25.0 Å². The molecule has 0 spiro atoms. The molecule has 0 saturated carbocycles. The number of rotatable bonds is 3. The summed E-state index contributed by atoms with van der Waals surface area (Å²) in [6.45, 7) is 1.21. The van der Waals surface area contributed by atoms with Crippen molar-refractivity contribution >= 4 is 17.5 Å². The fraction of sp³-hybridized carbons (Fsp3) is 0.286. The van der Waals surface area contributed by atoms with Crippen molar-refractivity contribution in [2.24, 2.45) is 0 Å². The number of amides is 1. The van der Waals surface area contributed by atoms with E-state index in [9.17, 15) is 14.7 Å². The number of ketones is 1. The summed E-state index contributed by atoms with van der Waals surface area (Å²) in [6, 6.07) is 3.52. The minimum Gasteiger partial charge on any atom is -0.356 e. The summed E-state index contributed by atoms with van der Waals surface area (Å²) in [5.41, 5.74) is 1.03. The number of aliphatic hydroxyl groups is 1. The van der Waals surface area contributed by atoms with Gasteiger partial charge in [0.05, 0.1) is 6.54 Å². The number of H-pyrrole nitrogens is 1. The van der Waals surface area contributed by atoms with Crippen LogP contribution in [0.25, 0.3) is 11.4 Å². The van der Waals surface area contributed by atoms with Gasteiger partial charge in [0.25, 0.3) is 5.91 Å². The quantitative estimate of drug-likeness (QED) is 0.841. The van der Waals surface area contributed by atoms with E-state index in [0.29, 0.717) is 11.6 Å². The molecule has 2 N–H and O–H groups in total. The molecule has 1 aliphatic heterocycles. The Hall–Kier alpha value is -2.74. The number of aromatic nitrogens is 3. The molecule has 22 heavy (non-hydrogen) atoms. The maximum absolute atomic E-state index is 12.5. The van der Waals surface area contributed by atoms with Crippen molar-refractivity contribution in [1.82, 2.24) is 19.9 Å². The summed E-state index contributed by atoms with van der Waals surface area (Å²) in [5, 5.41) is 10.2. The van der Waals surface area contributed by atoms with Crippen molar-refractivity contribution in [3.63, 3.8) is 0 Å². The molecule has 2 aromatic heterocycles. The van der Waals surface area contributed by atoms with Crippen molar-refractivity contribution in [1.29, 1.82) is 0 Å². The second kappa shape index (κ2) is 5.23. The van der Waals surface area contributed by atoms with Gasteiger partial charge in [-0.2, -0.15) is 0 Å². The molecule has 0 aromatic carbocycles. The number of pyridine rings is 1. The SMILES string of the molecule is CC(=O)CN1C(=O)c2[nH]c(-c3ccncc3)nc2N(C)C1O. The van der Waals surface area contributed by atoms with Gasteiger partial charge in [-0.1, -0.05) is 0 Å². The predicted octanol–water partition coefficient (Wildman–Crippen LogP) is 0.229. The Labute approximate surface area is 126 Å². The first-order valence-electron chi connectivity index (χ1n) is 6.70. The number of anilines is 1. The number of aliphatic hydroxyl groups excluding tert-OH is 1. The number of aromatic amines is 1. The van der Waals surface area contributed by atoms with Crippen LogP contribution >= 0.6 is 0 Å². The van der Waals surface area contributed by atoms with Gasteiger partial charge >= 0.3 is 0 Å². The number of carbonyl (C=O) groups is 2. The highest BCUT2D eigenvalue weighted by Gasteiger charge is 2.38. The van der Waals surface area contributed by atoms with E-state index in [2.05, 4.69) is 15.0 Å². The van der Waals surface area contributed by atoms with Crippen LogP contribution < -0.4 is 4.90 Å². The highest BCUT2D eigenvalue weighted by molar-refractivity contribution is 6.01. The smallest absolute Gasteiger partial charge is 0.278 e. The third-order valence-electron chi connectivity index (χ3n) is 3.47. The molecule has 1 atom stereocenters. The molecule has 3 rings (SSSR count). The lowest BCUT2D eigenvalue weighted by atomic mass is 10.2. The first-order valence-corrected chi connectivity index (χ1v) is 6.70. The maximum atomic E-state index is 12.5. The standard InChI is InChI=1S/C14H15N5O3/c1-8(20)7-19-13(21)10-12(18(2)14(19)22)17-11(16-10)9-3-5-15-6-4-9/h3-6,14,22H,7H2,1-2H3,(H,16,17). The zero-order valence-corrected chi connectivity index (χ0v) is 12.1. The fourth-order valence-electron chi connectivity index (χ4n) is 2.38. The van der Waals surface area contributed by atoms with Crippen molar-refractivity contribution < 1.29 is 14.7 Å². The topological polar surface area (TPSA) is 102 Å². The summed E-state index contributed by atoms with van der Waals surface area (Å²) in [7, 11) is 1.61. The van der Waals surface area contributed by atoms with E-state index < -0.39 is 12.3 Å². The fourth-order valence-corrected chi connectivity index (χ4v) is 2.38. The van der Waals surface area contributed by atoms with Crippen LogP contribution in [0.5, 0.6) is 0 Å². The molecular formula is C14H15N5O3. The van der Waals surface area contributed by atoms with Crippen molar-refractivity contribution in [3.05, 3.63) is 30.2 Å². The van der Waals surface area contributed by atoms with Gasteiger partial charge in [-0.05, 0) is 19.1 Å². The third-order valence-corrected chi connectivity index (χ3v) is 3.47. The lowest BCUT2D eigenvalue weighted by molar-refractivity contribution is -0.120. The number of nitrogens with one attached hydrogen (secondary N) is 1. The van der Waals surface area contributed by atoms with E-state index in [1.54, 1.807) is 31.6 Å². The lowest BCUT2D eigenvalue weighted by Gasteiger charge is -2.37. The van der Waals surface area contributed by atoms with Crippen LogP contribution in [0.4, 0.5) is 5.82 Å². The second-order valence-corrected chi connectivity index (χ2v) is 5.11. The summed E-state index contributed by atoms with van der Waals surface area (Å²) in [5.74, 6) is 0.190. The molecule has 3 heterocycles. The molecule has 0 aliphatic carbocycles. The molecule has 0 radical (unpaired) electrons. The van der Waals surface area contributed by atoms with Gasteiger partial charge in [0.2, 0.25) is 6.35 Å². The van der Waals surface area contributed by atoms with Crippen molar-refractivity contribution in [2.45, 2.75) is 13.3 Å². The summed E-state index contributed by atoms with van der Waals surface area (Å²) in [6.07, 6.45) is 2.02. The molecule has 1 amide bonds. The number of fused-ring (bicyclic) bond motifs is 1. The lowest BCUT2D eigenvalue weighted by Crippen LogP contribution is -2.55. The molecule has 0 saturated heterocycles. The van der Waals surface area contributed by atoms with Crippen LogP contribution in [0.2, 0.25) is 0 Å². The second-order valence-electron chi connectivity index (χ2n) is 5.11. The van der Waals surface area contributed by atoms with Gasteiger partial charge in [0.1, 0.15) is 17.3 Å². The number of hydrogen-bond acceptors (Lipinski definition) is 6. The highest BCUT2D eigenvalue weighted by atomic mass is 16.3. The van der Waals surface area contributed by atoms with Gasteiger partial charge in [-0.15, -0.1) is 0 Å². The Bertz CT molecular complexity index is 727. The molecule has 1 aliphatic rings. The number of nitrogens with zero attached hydrogens (tertiary/aromatic N) is 4. The number of imidazole rings is 1. The van der Waals surface area contributed by atoms with Gasteiger partial charge in [0.15, 0.2) is 5.82 Å². The van der Waals surface area contributed by atoms with Crippen LogP contribution in [0.1, 0.15) is 17.4 Å². The Morgan fingerprint density at radius 3 is 2.73 bits per heavy atom. The molecule has 8 heteroatoms. The molecule has 8 nitrogen and oxygen atoms in total. The summed E-state index contributed by atoms with van der Waals surface area (Å²) >= 11 is 0. The zero-order valence-electron chi connectivity index (χ0n) is 12.1. The predicted molar refractivity (Wildman–Crippen MR) is 77.9 cm³/mol. The van der Waals surface area contributed by atoms with E-state index in [1.165, 1.54) is 11.8 Å². The van der Waals surface area contributed by atoms with Crippen molar-refractivity contribution in [3.8, 4) is 11.4 Å². The monoisotopic (exact) mass is 301 g/mol. The Morgan fingerprint density at radius 2 is 2.09 bits per heavy atom. The van der Waals surface area contributed by atoms with Gasteiger partial charge in [-0.25, -0.2) is 4.98 Å². The summed E-state index contributed by atoms with van der Waals surface area (Å²) in [4.78, 5) is 37.6. The molecule has 2 aromatic rings. The van der Waals surface area contributed by atoms with Crippen LogP contribution in [-0.4, -0.2) is 56.6 Å². The average Bonchev–Trinajstić information content (AvgIpc) is 2.96. The van der Waals surface area contributed by atoms with Crippen molar-refractivity contribution in [2.75, 3.05) is 18.5 Å². The van der Waals surface area contributed by atoms with Crippen LogP contribution in [0.3, 0.4) is 0 Å². The van der Waals surface area contributed by atoms with Crippen LogP contribution in [-0.2, 0) is 4.79 Å². The molecule has 114 valence electrons. The normalized spacial score (nSPS) is 17.6. The van der Waals surface area contributed by atoms with E-state index in [0.717, 1.165) is 10.5 Å². The van der Waals surface area contributed by atoms with E-state index in [1.807, 2.05) is 0 Å². The minimum atomic E-state index is -1.22. The third kappa shape index (κ3) is 2.23. The van der Waals surface area contributed by atoms with Crippen LogP contribution in [0, 0.1) is 0 Å². The number of carbonyl (C=O) groups excluding carboxylic acids is 2. The zero-order chi connectivity index (χ0) is 15.9. The number of hydrogen-bond donors (Lipinski definition) is 2. The Kier molecular flexibility index (Phi) is 3.38. The first-order chi connectivity index (χ1) is 10.5. The molecular weight excluding hydrogens is 286 g/mol. The Balaban J connectivity index is 2.03. The van der Waals surface area contributed by atoms with Gasteiger partial charge < -0.3 is 15.0 Å². The average molecular weight is 301 g/mol. The molecule has 0 bridgehead atoms. The van der Waals surface area contributed by atoms with Crippen LogP contribution in [0.15, 0.2) is 24.5 Å². The van der Waals surface area contributed by atoms with E-state index >= 15 is 0 Å².